The lowest BCUT2D eigenvalue weighted by Crippen LogP contribution is -2.62. The summed E-state index contributed by atoms with van der Waals surface area (Å²) in [6.07, 6.45) is 7.51. The number of benzene rings is 1. The molecule has 9 bridgehead atoms. The van der Waals surface area contributed by atoms with E-state index in [1.807, 2.05) is 45.4 Å². The third-order valence-corrected chi connectivity index (χ3v) is 19.6. The number of ketones is 1. The van der Waals surface area contributed by atoms with Gasteiger partial charge in [-0.05, 0) is 109 Å². The van der Waals surface area contributed by atoms with Gasteiger partial charge in [-0.1, -0.05) is 80.8 Å². The van der Waals surface area contributed by atoms with Gasteiger partial charge in [0.15, 0.2) is 11.7 Å². The smallest absolute Gasteiger partial charge is 0.189 e. The van der Waals surface area contributed by atoms with Gasteiger partial charge in [-0.3, -0.25) is 9.79 Å². The minimum absolute atomic E-state index is 0.0272. The highest BCUT2D eigenvalue weighted by Crippen LogP contribution is 2.75. The van der Waals surface area contributed by atoms with Gasteiger partial charge in [0, 0.05) is 54.8 Å². The van der Waals surface area contributed by atoms with E-state index >= 15 is 0 Å². The van der Waals surface area contributed by atoms with Gasteiger partial charge in [0.25, 0.3) is 0 Å². The molecule has 7 rings (SSSR count). The molecule has 10 unspecified atom stereocenters. The summed E-state index contributed by atoms with van der Waals surface area (Å²) >= 11 is 0. The maximum absolute atomic E-state index is 14.6. The lowest BCUT2D eigenvalue weighted by Gasteiger charge is -2.57. The van der Waals surface area contributed by atoms with E-state index < -0.39 is 6.10 Å². The number of aliphatic hydroxyl groups is 4. The molecule has 6 aliphatic rings. The molecule has 0 radical (unpaired) electrons. The van der Waals surface area contributed by atoms with E-state index in [0.717, 1.165) is 84.5 Å². The van der Waals surface area contributed by atoms with E-state index in [-0.39, 0.29) is 65.1 Å². The van der Waals surface area contributed by atoms with Gasteiger partial charge in [-0.15, -0.1) is 0 Å². The summed E-state index contributed by atoms with van der Waals surface area (Å²) in [5.74, 6) is 4.58. The number of Topliss-reactive ketones (excluding diaryl/α,β-unsaturated/α-hetero) is 1. The van der Waals surface area contributed by atoms with Crippen molar-refractivity contribution < 1.29 is 25.2 Å². The van der Waals surface area contributed by atoms with E-state index in [2.05, 4.69) is 24.4 Å². The van der Waals surface area contributed by atoms with Crippen molar-refractivity contribution in [3.05, 3.63) is 46.0 Å². The Morgan fingerprint density at radius 2 is 1.96 bits per heavy atom. The van der Waals surface area contributed by atoms with Crippen molar-refractivity contribution in [2.24, 2.45) is 51.1 Å². The lowest BCUT2D eigenvalue weighted by atomic mass is 9.47. The molecule has 2 fully saturated rings. The van der Waals surface area contributed by atoms with Crippen LogP contribution < -0.4 is 11.1 Å². The number of hydrogen-bond donors (Lipinski definition) is 6. The van der Waals surface area contributed by atoms with Gasteiger partial charge in [0.1, 0.15) is 0 Å². The van der Waals surface area contributed by atoms with Crippen LogP contribution in [-0.4, -0.2) is 80.8 Å². The molecular weight excluding hydrogens is 719 g/mol. The molecule has 1 aromatic carbocycles. The molecule has 7 N–H and O–H groups in total. The Morgan fingerprint density at radius 1 is 1.12 bits per heavy atom. The summed E-state index contributed by atoms with van der Waals surface area (Å²) in [5.41, 5.74) is 11.5. The molecule has 2 spiro atoms. The molecule has 10 atom stereocenters. The molecule has 3 aliphatic carbocycles. The number of nitrogens with zero attached hydrogens (tertiary/aromatic N) is 1. The van der Waals surface area contributed by atoms with Crippen molar-refractivity contribution in [3.63, 3.8) is 0 Å². The van der Waals surface area contributed by atoms with E-state index in [4.69, 9.17) is 10.7 Å². The predicted octanol–water partition coefficient (Wildman–Crippen LogP) is 6.07. The van der Waals surface area contributed by atoms with Crippen LogP contribution in [0.1, 0.15) is 93.6 Å². The summed E-state index contributed by atoms with van der Waals surface area (Å²) in [4.78, 5) is 19.3. The second-order valence-corrected chi connectivity index (χ2v) is 21.6. The number of guanidine groups is 1. The molecule has 2 saturated carbocycles. The molecule has 1 aromatic rings. The Kier molecular flexibility index (Phi) is 11.8. The average molecular weight is 776 g/mol. The molecule has 8 nitrogen and oxygen atoms in total. The Balaban J connectivity index is 1.34. The molecule has 0 aromatic heterocycles. The fourth-order valence-electron chi connectivity index (χ4n) is 11.4. The van der Waals surface area contributed by atoms with Gasteiger partial charge in [0.2, 0.25) is 0 Å². The summed E-state index contributed by atoms with van der Waals surface area (Å²) in [6, 6.07) is 6.32. The highest BCUT2D eigenvalue weighted by atomic mass is 33.1. The second-order valence-electron chi connectivity index (χ2n) is 16.5. The largest absolute Gasteiger partial charge is 0.396 e. The number of rotatable bonds is 7. The molecule has 0 saturated heterocycles. The van der Waals surface area contributed by atoms with Crippen molar-refractivity contribution in [3.8, 4) is 0 Å². The van der Waals surface area contributed by atoms with Gasteiger partial charge >= 0.3 is 0 Å². The van der Waals surface area contributed by atoms with Crippen LogP contribution >= 0.6 is 43.2 Å². The van der Waals surface area contributed by atoms with E-state index in [0.29, 0.717) is 43.5 Å². The number of fused-ring (bicyclic) bond motifs is 3. The topological polar surface area (TPSA) is 148 Å². The fourth-order valence-corrected chi connectivity index (χ4v) is 17.5. The maximum atomic E-state index is 14.6. The quantitative estimate of drug-likeness (QED) is 0.180. The molecule has 282 valence electrons. The molecule has 51 heavy (non-hydrogen) atoms. The van der Waals surface area contributed by atoms with Crippen molar-refractivity contribution in [2.75, 3.05) is 37.0 Å². The Bertz CT molecular complexity index is 1530. The zero-order valence-electron chi connectivity index (χ0n) is 30.1. The monoisotopic (exact) mass is 775 g/mol. The maximum Gasteiger partial charge on any atom is 0.189 e. The predicted molar refractivity (Wildman–Crippen MR) is 214 cm³/mol. The van der Waals surface area contributed by atoms with Gasteiger partial charge < -0.3 is 31.5 Å². The highest BCUT2D eigenvalue weighted by molar-refractivity contribution is 8.77. The van der Waals surface area contributed by atoms with E-state index in [9.17, 15) is 25.2 Å². The van der Waals surface area contributed by atoms with E-state index in [1.54, 1.807) is 10.8 Å². The second kappa shape index (κ2) is 15.7. The van der Waals surface area contributed by atoms with Gasteiger partial charge in [0.05, 0.1) is 23.5 Å². The van der Waals surface area contributed by atoms with Crippen LogP contribution in [0.3, 0.4) is 0 Å². The summed E-state index contributed by atoms with van der Waals surface area (Å²) in [5, 5.41) is 46.1. The van der Waals surface area contributed by atoms with Gasteiger partial charge in [-0.2, -0.15) is 0 Å². The van der Waals surface area contributed by atoms with Crippen molar-refractivity contribution in [1.29, 1.82) is 0 Å². The number of carbonyl (C=O) groups excluding carboxylic acids is 1. The number of nitrogens with two attached hydrogens (primary N) is 1. The van der Waals surface area contributed by atoms with Crippen LogP contribution in [0.5, 0.6) is 0 Å². The number of nitrogens with one attached hydrogen (secondary N) is 1. The van der Waals surface area contributed by atoms with Crippen LogP contribution in [0.25, 0.3) is 0 Å². The normalized spacial score (nSPS) is 38.9. The Labute approximate surface area is 319 Å². The summed E-state index contributed by atoms with van der Waals surface area (Å²) in [6.45, 7) is 5.33. The van der Waals surface area contributed by atoms with Crippen LogP contribution in [0, 0.1) is 40.4 Å². The number of allylic oxidation sites excluding steroid dienone is 2. The van der Waals surface area contributed by atoms with Crippen LogP contribution in [0.15, 0.2) is 34.3 Å². The third-order valence-electron chi connectivity index (χ3n) is 14.1. The van der Waals surface area contributed by atoms with Crippen LogP contribution in [0.2, 0.25) is 0 Å². The SMILES string of the molecule is CCC(O)C1SSCC2CC3=C4CC5CC(CO)C(CCCO)C4(CC3=O)C5(C)CCSSCC3(C2)NC(N)=NCC3Cc2cc1ccc2CO. The van der Waals surface area contributed by atoms with Crippen molar-refractivity contribution in [1.82, 2.24) is 5.32 Å². The first-order valence-electron chi connectivity index (χ1n) is 19.1. The molecule has 3 aliphatic heterocycles. The zero-order valence-corrected chi connectivity index (χ0v) is 33.4. The standard InChI is InChI=1S/C39H57N3O5S4/c1-3-33(46)35-24-6-7-25(19-44)26(12-24)13-29-18-41-36(40)42-38(29)16-23(21-49-51-35)11-30-32-15-28-14-27(20-45)31(5-4-9-43)39(32,17-34(30)47)37(28,2)8-10-48-50-22-38/h6-7,12,23,27-29,31,33,35,43-46H,3-5,8-11,13-22H2,1-2H3,(H3,40,41,42). The van der Waals surface area contributed by atoms with Crippen molar-refractivity contribution in [2.45, 2.75) is 102 Å². The number of carbonyl (C=O) groups is 1. The summed E-state index contributed by atoms with van der Waals surface area (Å²) in [7, 11) is 7.44. The number of aliphatic hydroxyl groups excluding tert-OH is 4. The third kappa shape index (κ3) is 6.76. The Hall–Kier alpha value is -0.860. The molecular formula is C39H57N3O5S4. The zero-order chi connectivity index (χ0) is 36.0. The fraction of sp³-hybridized carbons (Fsp3) is 0.744. The molecule has 0 amide bonds. The highest BCUT2D eigenvalue weighted by Gasteiger charge is 2.69. The molecule has 3 heterocycles. The average Bonchev–Trinajstić information content (AvgIpc) is 3.45. The number of hydrogen-bond acceptors (Lipinski definition) is 12. The summed E-state index contributed by atoms with van der Waals surface area (Å²) < 4.78 is 0. The van der Waals surface area contributed by atoms with Crippen molar-refractivity contribution >= 4 is 54.9 Å². The molecule has 12 heteroatoms. The minimum Gasteiger partial charge on any atom is -0.396 e. The first-order valence-corrected chi connectivity index (χ1v) is 24.0. The van der Waals surface area contributed by atoms with E-state index in [1.165, 1.54) is 5.57 Å². The first-order chi connectivity index (χ1) is 24.6. The van der Waals surface area contributed by atoms with Crippen LogP contribution in [0.4, 0.5) is 0 Å². The lowest BCUT2D eigenvalue weighted by molar-refractivity contribution is -0.125. The minimum atomic E-state index is -0.501. The van der Waals surface area contributed by atoms with Crippen LogP contribution in [-0.2, 0) is 17.8 Å². The Morgan fingerprint density at radius 3 is 2.73 bits per heavy atom. The van der Waals surface area contributed by atoms with Gasteiger partial charge in [-0.25, -0.2) is 0 Å². The number of aliphatic imine (C=N–C) groups is 1. The first kappa shape index (κ1) is 38.4.